The predicted octanol–water partition coefficient (Wildman–Crippen LogP) is 4.68. The summed E-state index contributed by atoms with van der Waals surface area (Å²) in [6.45, 7) is 3.69. The van der Waals surface area contributed by atoms with Gasteiger partial charge in [-0.3, -0.25) is 0 Å². The Morgan fingerprint density at radius 3 is 1.65 bits per heavy atom. The van der Waals surface area contributed by atoms with Crippen molar-refractivity contribution in [1.82, 2.24) is 0 Å². The van der Waals surface area contributed by atoms with E-state index in [-0.39, 0.29) is 5.97 Å². The third-order valence-corrected chi connectivity index (χ3v) is 4.85. The molecule has 2 aromatic carbocycles. The third-order valence-electron chi connectivity index (χ3n) is 3.05. The highest BCUT2D eigenvalue weighted by molar-refractivity contribution is 14.1. The summed E-state index contributed by atoms with van der Waals surface area (Å²) in [5.41, 5.74) is 2.84. The number of carboxylic acid groups (broad SMARTS) is 1. The van der Waals surface area contributed by atoms with Crippen LogP contribution in [0.15, 0.2) is 36.4 Å². The molecule has 0 amide bonds. The molecular weight excluding hydrogens is 522 g/mol. The lowest BCUT2D eigenvalue weighted by Crippen LogP contribution is -2.05. The standard InChI is InChI=1S/C9H9IO2.C8H7IO2/c1-6-4-3-5-7(10)8(6)9(11)12-2;1-5-3-2-4-6(9)7(5)8(10)11/h3-5H,1-2H3;2-4H,1H3,(H,10,11). The van der Waals surface area contributed by atoms with E-state index in [2.05, 4.69) is 27.3 Å². The highest BCUT2D eigenvalue weighted by Crippen LogP contribution is 2.17. The Bertz CT molecular complexity index is 686. The van der Waals surface area contributed by atoms with Crippen LogP contribution in [0.25, 0.3) is 0 Å². The first-order valence-electron chi connectivity index (χ1n) is 6.61. The van der Waals surface area contributed by atoms with E-state index in [4.69, 9.17) is 5.11 Å². The molecule has 0 aliphatic heterocycles. The van der Waals surface area contributed by atoms with Gasteiger partial charge in [-0.15, -0.1) is 0 Å². The van der Waals surface area contributed by atoms with Crippen molar-refractivity contribution in [2.45, 2.75) is 13.8 Å². The molecule has 0 unspecified atom stereocenters. The molecule has 23 heavy (non-hydrogen) atoms. The summed E-state index contributed by atoms with van der Waals surface area (Å²) in [5, 5.41) is 8.74. The molecule has 0 aromatic heterocycles. The molecule has 0 saturated carbocycles. The Kier molecular flexibility index (Phi) is 7.97. The van der Waals surface area contributed by atoms with Crippen molar-refractivity contribution >= 4 is 57.1 Å². The maximum absolute atomic E-state index is 11.2. The van der Waals surface area contributed by atoms with E-state index in [1.807, 2.05) is 53.8 Å². The molecule has 0 bridgehead atoms. The van der Waals surface area contributed by atoms with Crippen molar-refractivity contribution in [2.75, 3.05) is 7.11 Å². The molecule has 6 heteroatoms. The number of ether oxygens (including phenoxy) is 1. The van der Waals surface area contributed by atoms with Gasteiger partial charge < -0.3 is 9.84 Å². The van der Waals surface area contributed by atoms with Gasteiger partial charge in [-0.2, -0.15) is 0 Å². The molecule has 0 spiro atoms. The summed E-state index contributed by atoms with van der Waals surface area (Å²) in [6.07, 6.45) is 0. The number of carbonyl (C=O) groups is 2. The molecule has 2 aromatic rings. The average molecular weight is 538 g/mol. The number of halogens is 2. The van der Waals surface area contributed by atoms with Crippen LogP contribution in [0.5, 0.6) is 0 Å². The zero-order valence-electron chi connectivity index (χ0n) is 12.9. The van der Waals surface area contributed by atoms with Crippen LogP contribution in [0.3, 0.4) is 0 Å². The maximum atomic E-state index is 11.2. The molecule has 4 nitrogen and oxygen atoms in total. The second kappa shape index (κ2) is 9.21. The van der Waals surface area contributed by atoms with Gasteiger partial charge in [0.1, 0.15) is 0 Å². The number of benzene rings is 2. The highest BCUT2D eigenvalue weighted by atomic mass is 127. The largest absolute Gasteiger partial charge is 0.478 e. The predicted molar refractivity (Wildman–Crippen MR) is 106 cm³/mol. The van der Waals surface area contributed by atoms with Gasteiger partial charge in [0.2, 0.25) is 0 Å². The van der Waals surface area contributed by atoms with E-state index in [1.54, 1.807) is 19.1 Å². The summed E-state index contributed by atoms with van der Waals surface area (Å²) in [7, 11) is 1.39. The zero-order valence-corrected chi connectivity index (χ0v) is 17.2. The van der Waals surface area contributed by atoms with Gasteiger partial charge in [0.25, 0.3) is 0 Å². The van der Waals surface area contributed by atoms with Crippen molar-refractivity contribution in [1.29, 1.82) is 0 Å². The summed E-state index contributed by atoms with van der Waals surface area (Å²) in [4.78, 5) is 21.9. The zero-order chi connectivity index (χ0) is 17.6. The van der Waals surface area contributed by atoms with Crippen molar-refractivity contribution in [3.63, 3.8) is 0 Å². The Hall–Kier alpha value is -1.16. The van der Waals surface area contributed by atoms with Gasteiger partial charge in [0.15, 0.2) is 0 Å². The molecule has 0 aliphatic rings. The number of methoxy groups -OCH3 is 1. The summed E-state index contributed by atoms with van der Waals surface area (Å²) in [5.74, 6) is -1.12. The second-order valence-corrected chi connectivity index (χ2v) is 6.98. The molecule has 2 rings (SSSR count). The molecule has 0 radical (unpaired) electrons. The van der Waals surface area contributed by atoms with Gasteiger partial charge in [-0.1, -0.05) is 24.3 Å². The Morgan fingerprint density at radius 1 is 0.913 bits per heavy atom. The molecule has 1 N–H and O–H groups in total. The first-order valence-corrected chi connectivity index (χ1v) is 8.77. The van der Waals surface area contributed by atoms with E-state index < -0.39 is 5.97 Å². The molecular formula is C17H16I2O4. The lowest BCUT2D eigenvalue weighted by Gasteiger charge is -2.04. The van der Waals surface area contributed by atoms with Gasteiger partial charge in [-0.25, -0.2) is 9.59 Å². The van der Waals surface area contributed by atoms with Gasteiger partial charge in [0, 0.05) is 7.14 Å². The third kappa shape index (κ3) is 5.45. The number of carboxylic acids is 1. The minimum atomic E-state index is -0.854. The summed E-state index contributed by atoms with van der Waals surface area (Å²) in [6, 6.07) is 11.1. The van der Waals surface area contributed by atoms with E-state index in [0.29, 0.717) is 11.1 Å². The molecule has 0 fully saturated rings. The first-order chi connectivity index (χ1) is 10.8. The van der Waals surface area contributed by atoms with Crippen LogP contribution in [-0.2, 0) is 4.74 Å². The molecule has 122 valence electrons. The van der Waals surface area contributed by atoms with Crippen LogP contribution in [0.2, 0.25) is 0 Å². The fraction of sp³-hybridized carbons (Fsp3) is 0.176. The lowest BCUT2D eigenvalue weighted by atomic mass is 10.1. The van der Waals surface area contributed by atoms with E-state index >= 15 is 0 Å². The van der Waals surface area contributed by atoms with Crippen molar-refractivity contribution < 1.29 is 19.4 Å². The van der Waals surface area contributed by atoms with E-state index in [0.717, 1.165) is 18.3 Å². The SMILES string of the molecule is COC(=O)c1c(C)cccc1I.Cc1cccc(I)c1C(=O)O. The second-order valence-electron chi connectivity index (χ2n) is 4.66. The minimum absolute atomic E-state index is 0.266. The minimum Gasteiger partial charge on any atom is -0.478 e. The van der Waals surface area contributed by atoms with Crippen LogP contribution in [-0.4, -0.2) is 24.2 Å². The Morgan fingerprint density at radius 2 is 1.35 bits per heavy atom. The van der Waals surface area contributed by atoms with Crippen LogP contribution in [0, 0.1) is 21.0 Å². The number of aromatic carboxylic acids is 1. The van der Waals surface area contributed by atoms with Crippen molar-refractivity contribution in [3.05, 3.63) is 65.8 Å². The quantitative estimate of drug-likeness (QED) is 0.446. The average Bonchev–Trinajstić information content (AvgIpc) is 2.47. The Labute approximate surface area is 162 Å². The normalized spacial score (nSPS) is 9.61. The monoisotopic (exact) mass is 538 g/mol. The fourth-order valence-electron chi connectivity index (χ4n) is 1.90. The van der Waals surface area contributed by atoms with Gasteiger partial charge >= 0.3 is 11.9 Å². The maximum Gasteiger partial charge on any atom is 0.339 e. The molecule has 0 saturated heterocycles. The highest BCUT2D eigenvalue weighted by Gasteiger charge is 2.12. The summed E-state index contributed by atoms with van der Waals surface area (Å²) >= 11 is 4.14. The molecule has 0 atom stereocenters. The smallest absolute Gasteiger partial charge is 0.339 e. The van der Waals surface area contributed by atoms with Gasteiger partial charge in [-0.05, 0) is 82.3 Å². The van der Waals surface area contributed by atoms with E-state index in [1.165, 1.54) is 7.11 Å². The van der Waals surface area contributed by atoms with Crippen LogP contribution in [0.4, 0.5) is 0 Å². The van der Waals surface area contributed by atoms with Crippen LogP contribution in [0.1, 0.15) is 31.8 Å². The number of carbonyl (C=O) groups excluding carboxylic acids is 1. The number of rotatable bonds is 2. The molecule has 0 heterocycles. The van der Waals surface area contributed by atoms with Crippen molar-refractivity contribution in [2.24, 2.45) is 0 Å². The lowest BCUT2D eigenvalue weighted by molar-refractivity contribution is 0.0597. The Balaban J connectivity index is 0.000000231. The number of aryl methyl sites for hydroxylation is 2. The topological polar surface area (TPSA) is 63.6 Å². The van der Waals surface area contributed by atoms with Crippen LogP contribution >= 0.6 is 45.2 Å². The summed E-state index contributed by atoms with van der Waals surface area (Å²) < 4.78 is 6.37. The van der Waals surface area contributed by atoms with Crippen molar-refractivity contribution in [3.8, 4) is 0 Å². The first kappa shape index (κ1) is 19.9. The molecule has 0 aliphatic carbocycles. The van der Waals surface area contributed by atoms with E-state index in [9.17, 15) is 9.59 Å². The van der Waals surface area contributed by atoms with Crippen LogP contribution < -0.4 is 0 Å². The number of esters is 1. The van der Waals surface area contributed by atoms with Gasteiger partial charge in [0.05, 0.1) is 18.2 Å². The fourth-order valence-corrected chi connectivity index (χ4v) is 3.61. The number of hydrogen-bond acceptors (Lipinski definition) is 3. The number of hydrogen-bond donors (Lipinski definition) is 1.